The molecule has 1 N–H and O–H groups in total. The molecule has 158 valence electrons. The molecule has 0 aromatic carbocycles. The molecule has 1 aromatic rings. The van der Waals surface area contributed by atoms with Gasteiger partial charge in [-0.25, -0.2) is 4.79 Å². The van der Waals surface area contributed by atoms with Crippen LogP contribution in [0.2, 0.25) is 0 Å². The van der Waals surface area contributed by atoms with Crippen LogP contribution in [0, 0.1) is 0 Å². The van der Waals surface area contributed by atoms with Gasteiger partial charge in [-0.15, -0.1) is 11.3 Å². The number of nitrogens with zero attached hydrogens (tertiary/aromatic N) is 3. The largest absolute Gasteiger partial charge is 0.338 e. The Morgan fingerprint density at radius 1 is 0.966 bits per heavy atom. The second-order valence-electron chi connectivity index (χ2n) is 9.08. The number of urea groups is 1. The Kier molecular flexibility index (Phi) is 5.52. The molecule has 0 radical (unpaired) electrons. The lowest BCUT2D eigenvalue weighted by Crippen LogP contribution is -2.53. The van der Waals surface area contributed by atoms with Crippen molar-refractivity contribution in [1.29, 1.82) is 0 Å². The summed E-state index contributed by atoms with van der Waals surface area (Å²) in [5.41, 5.74) is 0. The van der Waals surface area contributed by atoms with Gasteiger partial charge in [0, 0.05) is 38.3 Å². The number of rotatable bonds is 3. The summed E-state index contributed by atoms with van der Waals surface area (Å²) in [4.78, 5) is 32.9. The molecule has 3 aliphatic heterocycles. The van der Waals surface area contributed by atoms with Crippen LogP contribution in [0.4, 0.5) is 4.79 Å². The minimum absolute atomic E-state index is 0.181. The van der Waals surface area contributed by atoms with E-state index in [1.54, 1.807) is 0 Å². The zero-order valence-electron chi connectivity index (χ0n) is 17.1. The van der Waals surface area contributed by atoms with Gasteiger partial charge in [0.15, 0.2) is 0 Å². The third-order valence-electron chi connectivity index (χ3n) is 7.52. The minimum atomic E-state index is 0.181. The molecule has 0 unspecified atom stereocenters. The maximum atomic E-state index is 12.6. The second-order valence-corrected chi connectivity index (χ2v) is 10.0. The van der Waals surface area contributed by atoms with E-state index in [4.69, 9.17) is 0 Å². The van der Waals surface area contributed by atoms with Crippen LogP contribution in [0.3, 0.4) is 0 Å². The van der Waals surface area contributed by atoms with Gasteiger partial charge in [-0.1, -0.05) is 18.9 Å². The molecule has 29 heavy (non-hydrogen) atoms. The average Bonchev–Trinajstić information content (AvgIpc) is 3.41. The van der Waals surface area contributed by atoms with Crippen molar-refractivity contribution in [2.24, 2.45) is 0 Å². The molecular weight excluding hydrogens is 384 g/mol. The Bertz CT molecular complexity index is 723. The predicted molar refractivity (Wildman–Crippen MR) is 114 cm³/mol. The lowest BCUT2D eigenvalue weighted by atomic mass is 9.89. The van der Waals surface area contributed by atoms with E-state index >= 15 is 0 Å². The van der Waals surface area contributed by atoms with Crippen LogP contribution in [0.5, 0.6) is 0 Å². The molecule has 1 aliphatic carbocycles. The number of thiophene rings is 1. The fourth-order valence-corrected chi connectivity index (χ4v) is 6.64. The molecule has 5 rings (SSSR count). The Hall–Kier alpha value is -1.60. The van der Waals surface area contributed by atoms with Gasteiger partial charge >= 0.3 is 6.03 Å². The normalized spacial score (nSPS) is 29.7. The van der Waals surface area contributed by atoms with Gasteiger partial charge in [-0.05, 0) is 50.0 Å². The molecule has 6 nitrogen and oxygen atoms in total. The highest BCUT2D eigenvalue weighted by molar-refractivity contribution is 7.12. The number of nitrogens with one attached hydrogen (secondary N) is 1. The number of amides is 3. The molecule has 4 fully saturated rings. The van der Waals surface area contributed by atoms with Crippen molar-refractivity contribution < 1.29 is 9.59 Å². The van der Waals surface area contributed by atoms with Gasteiger partial charge in [0.25, 0.3) is 5.91 Å². The van der Waals surface area contributed by atoms with Gasteiger partial charge in [-0.2, -0.15) is 0 Å². The van der Waals surface area contributed by atoms with Crippen LogP contribution in [0.15, 0.2) is 17.5 Å². The summed E-state index contributed by atoms with van der Waals surface area (Å²) in [6.45, 7) is 3.88. The lowest BCUT2D eigenvalue weighted by molar-refractivity contribution is 0.0474. The average molecular weight is 417 g/mol. The summed E-state index contributed by atoms with van der Waals surface area (Å²) in [5, 5.41) is 5.21. The fraction of sp³-hybridized carbons (Fsp3) is 0.727. The summed E-state index contributed by atoms with van der Waals surface area (Å²) in [6.07, 6.45) is 9.13. The van der Waals surface area contributed by atoms with Crippen molar-refractivity contribution in [1.82, 2.24) is 20.0 Å². The van der Waals surface area contributed by atoms with Crippen LogP contribution in [-0.4, -0.2) is 77.0 Å². The quantitative estimate of drug-likeness (QED) is 0.824. The predicted octanol–water partition coefficient (Wildman–Crippen LogP) is 3.15. The van der Waals surface area contributed by atoms with E-state index in [1.165, 1.54) is 30.6 Å². The molecule has 3 saturated heterocycles. The zero-order valence-corrected chi connectivity index (χ0v) is 17.9. The SMILES string of the molecule is O=C(c1cccs1)N1CCC(N2CCC(N3C(=O)N[C@H]4CCCC[C@@H]43)CC2)CC1. The van der Waals surface area contributed by atoms with Gasteiger partial charge < -0.3 is 20.0 Å². The molecule has 1 saturated carbocycles. The second kappa shape index (κ2) is 8.26. The van der Waals surface area contributed by atoms with Gasteiger partial charge in [0.2, 0.25) is 0 Å². The number of piperidine rings is 2. The van der Waals surface area contributed by atoms with E-state index in [0.717, 1.165) is 63.2 Å². The molecule has 4 heterocycles. The third-order valence-corrected chi connectivity index (χ3v) is 8.38. The molecule has 0 spiro atoms. The maximum Gasteiger partial charge on any atom is 0.318 e. The van der Waals surface area contributed by atoms with Crippen LogP contribution in [-0.2, 0) is 0 Å². The van der Waals surface area contributed by atoms with Crippen molar-refractivity contribution in [3.8, 4) is 0 Å². The third kappa shape index (κ3) is 3.79. The van der Waals surface area contributed by atoms with Crippen molar-refractivity contribution in [3.63, 3.8) is 0 Å². The molecule has 0 bridgehead atoms. The molecular formula is C22H32N4O2S. The Morgan fingerprint density at radius 3 is 2.41 bits per heavy atom. The van der Waals surface area contributed by atoms with Crippen LogP contribution >= 0.6 is 11.3 Å². The van der Waals surface area contributed by atoms with Crippen LogP contribution < -0.4 is 5.32 Å². The molecule has 2 atom stereocenters. The maximum absolute atomic E-state index is 12.6. The Morgan fingerprint density at radius 2 is 1.69 bits per heavy atom. The standard InChI is InChI=1S/C22H32N4O2S/c27-21(20-6-3-15-29-20)25-13-7-16(8-14-25)24-11-9-17(10-12-24)26-19-5-2-1-4-18(19)23-22(26)28/h3,6,15-19H,1-2,4-5,7-14H2,(H,23,28)/t18-,19-/m0/s1. The summed E-state index contributed by atoms with van der Waals surface area (Å²) in [7, 11) is 0. The number of carbonyl (C=O) groups excluding carboxylic acids is 2. The van der Waals surface area contributed by atoms with Crippen molar-refractivity contribution in [2.75, 3.05) is 26.2 Å². The number of carbonyl (C=O) groups is 2. The molecule has 3 amide bonds. The van der Waals surface area contributed by atoms with Crippen molar-refractivity contribution >= 4 is 23.3 Å². The highest BCUT2D eigenvalue weighted by atomic mass is 32.1. The Balaban J connectivity index is 1.12. The van der Waals surface area contributed by atoms with E-state index in [0.29, 0.717) is 24.2 Å². The summed E-state index contributed by atoms with van der Waals surface area (Å²) < 4.78 is 0. The summed E-state index contributed by atoms with van der Waals surface area (Å²) in [6, 6.07) is 5.86. The number of hydrogen-bond acceptors (Lipinski definition) is 4. The van der Waals surface area contributed by atoms with E-state index in [9.17, 15) is 9.59 Å². The first-order valence-corrected chi connectivity index (χ1v) is 12.2. The van der Waals surface area contributed by atoms with Crippen LogP contribution in [0.1, 0.15) is 61.0 Å². The van der Waals surface area contributed by atoms with Gasteiger partial charge in [-0.3, -0.25) is 4.79 Å². The van der Waals surface area contributed by atoms with Gasteiger partial charge in [0.05, 0.1) is 17.0 Å². The van der Waals surface area contributed by atoms with E-state index < -0.39 is 0 Å². The molecule has 1 aromatic heterocycles. The van der Waals surface area contributed by atoms with Crippen molar-refractivity contribution in [3.05, 3.63) is 22.4 Å². The van der Waals surface area contributed by atoms with E-state index in [-0.39, 0.29) is 11.9 Å². The number of likely N-dealkylation sites (tertiary alicyclic amines) is 2. The minimum Gasteiger partial charge on any atom is -0.338 e. The van der Waals surface area contributed by atoms with E-state index in [2.05, 4.69) is 15.1 Å². The highest BCUT2D eigenvalue weighted by Gasteiger charge is 2.44. The summed E-state index contributed by atoms with van der Waals surface area (Å²) in [5.74, 6) is 0.194. The highest BCUT2D eigenvalue weighted by Crippen LogP contribution is 2.33. The van der Waals surface area contributed by atoms with E-state index in [1.807, 2.05) is 22.4 Å². The van der Waals surface area contributed by atoms with Gasteiger partial charge in [0.1, 0.15) is 0 Å². The molecule has 4 aliphatic rings. The number of hydrogen-bond donors (Lipinski definition) is 1. The topological polar surface area (TPSA) is 55.9 Å². The molecule has 7 heteroatoms. The fourth-order valence-electron chi connectivity index (χ4n) is 5.95. The Labute approximate surface area is 177 Å². The van der Waals surface area contributed by atoms with Crippen LogP contribution in [0.25, 0.3) is 0 Å². The first-order valence-electron chi connectivity index (χ1n) is 11.4. The summed E-state index contributed by atoms with van der Waals surface area (Å²) >= 11 is 1.53. The first kappa shape index (κ1) is 19.4. The van der Waals surface area contributed by atoms with Crippen molar-refractivity contribution in [2.45, 2.75) is 75.5 Å². The smallest absolute Gasteiger partial charge is 0.318 e. The lowest BCUT2D eigenvalue weighted by Gasteiger charge is -2.44. The monoisotopic (exact) mass is 416 g/mol. The first-order chi connectivity index (χ1) is 14.2. The number of fused-ring (bicyclic) bond motifs is 1. The zero-order chi connectivity index (χ0) is 19.8.